The van der Waals surface area contributed by atoms with Crippen molar-refractivity contribution in [3.8, 4) is 17.2 Å². The van der Waals surface area contributed by atoms with Crippen molar-refractivity contribution in [2.75, 3.05) is 0 Å². The quantitative estimate of drug-likeness (QED) is 0.183. The summed E-state index contributed by atoms with van der Waals surface area (Å²) in [5, 5.41) is 10.4. The van der Waals surface area contributed by atoms with Gasteiger partial charge < -0.3 is 4.40 Å². The van der Waals surface area contributed by atoms with E-state index in [4.69, 9.17) is 21.5 Å². The maximum absolute atomic E-state index is 7.46. The standard InChI is InChI=1S/C42H22N6/c1-43-26-19-16-25(17-20-26)38-30-13-8-22-44-41(30)46-42(45-38)48-35-21-18-24-9-2-3-10-27(24)36(35)32-23-31-28-11-4-6-14-33(28)47-34-15-7-5-12-29(34)37(39(31)47)40(32)48/h2-23H. The average molecular weight is 611 g/mol. The van der Waals surface area contributed by atoms with Crippen molar-refractivity contribution in [1.29, 1.82) is 0 Å². The molecule has 48 heavy (non-hydrogen) atoms. The second-order valence-electron chi connectivity index (χ2n) is 12.3. The van der Waals surface area contributed by atoms with Crippen molar-refractivity contribution in [2.45, 2.75) is 0 Å². The molecule has 11 aromatic rings. The number of para-hydroxylation sites is 2. The lowest BCUT2D eigenvalue weighted by atomic mass is 10.0. The summed E-state index contributed by atoms with van der Waals surface area (Å²) < 4.78 is 4.67. The fraction of sp³-hybridized carbons (Fsp3) is 0. The minimum absolute atomic E-state index is 0.559. The molecule has 0 radical (unpaired) electrons. The molecule has 6 nitrogen and oxygen atoms in total. The molecule has 0 saturated carbocycles. The molecule has 0 N–H and O–H groups in total. The summed E-state index contributed by atoms with van der Waals surface area (Å²) in [6.07, 6.45) is 1.78. The van der Waals surface area contributed by atoms with Crippen molar-refractivity contribution in [3.63, 3.8) is 0 Å². The first-order chi connectivity index (χ1) is 23.8. The zero-order valence-corrected chi connectivity index (χ0v) is 25.4. The van der Waals surface area contributed by atoms with Crippen LogP contribution < -0.4 is 0 Å². The summed E-state index contributed by atoms with van der Waals surface area (Å²) in [7, 11) is 0. The monoisotopic (exact) mass is 610 g/mol. The van der Waals surface area contributed by atoms with E-state index < -0.39 is 0 Å². The predicted octanol–water partition coefficient (Wildman–Crippen LogP) is 10.6. The Morgan fingerprint density at radius 3 is 2.10 bits per heavy atom. The summed E-state index contributed by atoms with van der Waals surface area (Å²) in [6, 6.07) is 44.3. The molecule has 0 aliphatic rings. The van der Waals surface area contributed by atoms with E-state index in [2.05, 4.69) is 105 Å². The van der Waals surface area contributed by atoms with E-state index in [0.717, 1.165) is 33.1 Å². The first-order valence-corrected chi connectivity index (χ1v) is 15.9. The van der Waals surface area contributed by atoms with Gasteiger partial charge in [-0.3, -0.25) is 4.57 Å². The second kappa shape index (κ2) is 9.12. The molecule has 0 aliphatic carbocycles. The number of hydrogen-bond donors (Lipinski definition) is 0. The predicted molar refractivity (Wildman–Crippen MR) is 196 cm³/mol. The van der Waals surface area contributed by atoms with Gasteiger partial charge in [-0.05, 0) is 52.7 Å². The van der Waals surface area contributed by atoms with Crippen LogP contribution in [0, 0.1) is 6.57 Å². The minimum atomic E-state index is 0.559. The Balaban J connectivity index is 1.40. The highest BCUT2D eigenvalue weighted by Crippen LogP contribution is 2.47. The first-order valence-electron chi connectivity index (χ1n) is 15.9. The summed E-state index contributed by atoms with van der Waals surface area (Å²) in [4.78, 5) is 18.9. The van der Waals surface area contributed by atoms with Crippen molar-refractivity contribution in [2.24, 2.45) is 0 Å². The van der Waals surface area contributed by atoms with Gasteiger partial charge in [0.1, 0.15) is 0 Å². The fourth-order valence-corrected chi connectivity index (χ4v) is 7.95. The van der Waals surface area contributed by atoms with Gasteiger partial charge in [-0.25, -0.2) is 14.8 Å². The number of nitrogens with zero attached hydrogens (tertiary/aromatic N) is 6. The highest BCUT2D eigenvalue weighted by molar-refractivity contribution is 6.36. The lowest BCUT2D eigenvalue weighted by molar-refractivity contribution is 1.01. The number of hydrogen-bond acceptors (Lipinski definition) is 3. The van der Waals surface area contributed by atoms with Crippen LogP contribution in [-0.2, 0) is 0 Å². The van der Waals surface area contributed by atoms with E-state index in [9.17, 15) is 0 Å². The zero-order valence-electron chi connectivity index (χ0n) is 25.4. The van der Waals surface area contributed by atoms with E-state index in [0.29, 0.717) is 17.3 Å². The highest BCUT2D eigenvalue weighted by atomic mass is 15.2. The SMILES string of the molecule is [C-]#[N+]c1ccc(-c2nc(-n3c4ccc5ccccc5c4c4cc5c6ccccc6n6c7ccccc7c(c43)c56)nc3ncccc23)cc1. The molecule has 0 spiro atoms. The van der Waals surface area contributed by atoms with E-state index in [1.54, 1.807) is 6.20 Å². The fourth-order valence-electron chi connectivity index (χ4n) is 7.95. The van der Waals surface area contributed by atoms with Gasteiger partial charge in [-0.2, -0.15) is 4.98 Å². The van der Waals surface area contributed by atoms with Gasteiger partial charge in [0.2, 0.25) is 5.95 Å². The van der Waals surface area contributed by atoms with Gasteiger partial charge in [0.25, 0.3) is 0 Å². The molecule has 11 rings (SSSR count). The van der Waals surface area contributed by atoms with Gasteiger partial charge in [-0.15, -0.1) is 0 Å². The molecule has 6 heteroatoms. The molecular formula is C42H22N6. The van der Waals surface area contributed by atoms with Crippen LogP contribution in [0.2, 0.25) is 0 Å². The van der Waals surface area contributed by atoms with E-state index in [1.165, 1.54) is 54.3 Å². The molecule has 0 amide bonds. The van der Waals surface area contributed by atoms with Crippen LogP contribution in [0.15, 0.2) is 134 Å². The molecule has 220 valence electrons. The Hall–Kier alpha value is -6.84. The Morgan fingerprint density at radius 1 is 0.542 bits per heavy atom. The summed E-state index contributed by atoms with van der Waals surface area (Å²) in [6.45, 7) is 7.46. The number of fused-ring (bicyclic) bond motifs is 13. The molecule has 5 heterocycles. The molecule has 0 unspecified atom stereocenters. The summed E-state index contributed by atoms with van der Waals surface area (Å²) in [5.41, 5.74) is 8.59. The molecule has 0 atom stereocenters. The van der Waals surface area contributed by atoms with E-state index in [-0.39, 0.29) is 0 Å². The third-order valence-corrected chi connectivity index (χ3v) is 9.92. The molecular weight excluding hydrogens is 589 g/mol. The molecule has 0 fully saturated rings. The number of rotatable bonds is 2. The first kappa shape index (κ1) is 25.4. The molecule has 0 bridgehead atoms. The molecule has 0 aliphatic heterocycles. The van der Waals surface area contributed by atoms with Gasteiger partial charge in [0, 0.05) is 43.9 Å². The van der Waals surface area contributed by atoms with Crippen LogP contribution in [0.1, 0.15) is 0 Å². The van der Waals surface area contributed by atoms with Crippen molar-refractivity contribution < 1.29 is 0 Å². The molecule has 6 aromatic carbocycles. The Kier molecular flexibility index (Phi) is 4.82. The lowest BCUT2D eigenvalue weighted by Gasteiger charge is -2.12. The van der Waals surface area contributed by atoms with Crippen LogP contribution >= 0.6 is 0 Å². The van der Waals surface area contributed by atoms with Crippen molar-refractivity contribution >= 4 is 87.4 Å². The Morgan fingerprint density at radius 2 is 1.27 bits per heavy atom. The summed E-state index contributed by atoms with van der Waals surface area (Å²) in [5.74, 6) is 0.559. The average Bonchev–Trinajstić information content (AvgIpc) is 3.79. The molecule has 0 saturated heterocycles. The van der Waals surface area contributed by atoms with Gasteiger partial charge in [0.15, 0.2) is 11.3 Å². The van der Waals surface area contributed by atoms with Gasteiger partial charge in [0.05, 0.1) is 39.8 Å². The van der Waals surface area contributed by atoms with E-state index in [1.807, 2.05) is 36.4 Å². The third-order valence-electron chi connectivity index (χ3n) is 9.92. The van der Waals surface area contributed by atoms with E-state index >= 15 is 0 Å². The Labute approximate surface area is 272 Å². The maximum atomic E-state index is 7.46. The lowest BCUT2D eigenvalue weighted by Crippen LogP contribution is -2.04. The van der Waals surface area contributed by atoms with Crippen LogP contribution in [-0.4, -0.2) is 23.9 Å². The third kappa shape index (κ3) is 3.17. The Bertz CT molecular complexity index is 3180. The van der Waals surface area contributed by atoms with Crippen LogP contribution in [0.5, 0.6) is 0 Å². The van der Waals surface area contributed by atoms with Gasteiger partial charge in [-0.1, -0.05) is 91.0 Å². The molecule has 5 aromatic heterocycles. The summed E-state index contributed by atoms with van der Waals surface area (Å²) >= 11 is 0. The minimum Gasteiger partial charge on any atom is -0.308 e. The largest absolute Gasteiger partial charge is 0.308 e. The zero-order chi connectivity index (χ0) is 31.5. The number of pyridine rings is 1. The van der Waals surface area contributed by atoms with Crippen molar-refractivity contribution in [1.82, 2.24) is 23.9 Å². The smallest absolute Gasteiger partial charge is 0.237 e. The van der Waals surface area contributed by atoms with Crippen LogP contribution in [0.4, 0.5) is 5.69 Å². The maximum Gasteiger partial charge on any atom is 0.237 e. The van der Waals surface area contributed by atoms with Crippen LogP contribution in [0.25, 0.3) is 104 Å². The number of benzene rings is 6. The van der Waals surface area contributed by atoms with Crippen molar-refractivity contribution in [3.05, 3.63) is 145 Å². The van der Waals surface area contributed by atoms with Crippen LogP contribution in [0.3, 0.4) is 0 Å². The number of aromatic nitrogens is 5. The topological polar surface area (TPSA) is 52.4 Å². The highest BCUT2D eigenvalue weighted by Gasteiger charge is 2.26. The van der Waals surface area contributed by atoms with Gasteiger partial charge >= 0.3 is 0 Å². The normalized spacial score (nSPS) is 12.1. The second-order valence-corrected chi connectivity index (χ2v) is 12.3.